The van der Waals surface area contributed by atoms with Gasteiger partial charge in [0.15, 0.2) is 9.84 Å². The number of rotatable bonds is 6. The van der Waals surface area contributed by atoms with Crippen LogP contribution in [0.25, 0.3) is 5.69 Å². The van der Waals surface area contributed by atoms with Gasteiger partial charge in [0.25, 0.3) is 0 Å². The zero-order valence-electron chi connectivity index (χ0n) is 17.9. The summed E-state index contributed by atoms with van der Waals surface area (Å²) in [7, 11) is -2.07. The zero-order chi connectivity index (χ0) is 22.2. The number of anilines is 1. The van der Waals surface area contributed by atoms with Crippen LogP contribution < -0.4 is 4.90 Å². The molecule has 1 saturated heterocycles. The molecule has 3 aromatic rings. The van der Waals surface area contributed by atoms with Crippen molar-refractivity contribution in [2.45, 2.75) is 29.9 Å². The second-order valence-corrected chi connectivity index (χ2v) is 10.3. The van der Waals surface area contributed by atoms with Crippen molar-refractivity contribution in [3.63, 3.8) is 0 Å². The molecule has 0 atom stereocenters. The highest BCUT2D eigenvalue weighted by atomic mass is 32.2. The summed E-state index contributed by atoms with van der Waals surface area (Å²) in [5.41, 5.74) is 3.05. The molecule has 0 unspecified atom stereocenters. The van der Waals surface area contributed by atoms with Crippen LogP contribution in [0.2, 0.25) is 0 Å². The van der Waals surface area contributed by atoms with Crippen LogP contribution in [0, 0.1) is 0 Å². The van der Waals surface area contributed by atoms with Gasteiger partial charge in [0, 0.05) is 25.5 Å². The molecule has 0 spiro atoms. The maximum absolute atomic E-state index is 13.1. The van der Waals surface area contributed by atoms with Gasteiger partial charge in [-0.15, -0.1) is 0 Å². The molecule has 1 fully saturated rings. The summed E-state index contributed by atoms with van der Waals surface area (Å²) in [5, 5.41) is -0.489. The lowest BCUT2D eigenvalue weighted by Gasteiger charge is -2.41. The highest BCUT2D eigenvalue weighted by Gasteiger charge is 2.39. The number of ether oxygens (including phenoxy) is 1. The predicted molar refractivity (Wildman–Crippen MR) is 121 cm³/mol. The van der Waals surface area contributed by atoms with Crippen molar-refractivity contribution in [2.24, 2.45) is 0 Å². The molecule has 7 heteroatoms. The zero-order valence-corrected chi connectivity index (χ0v) is 18.7. The number of para-hydroxylation sites is 1. The van der Waals surface area contributed by atoms with Crippen LogP contribution in [0.5, 0.6) is 0 Å². The first-order valence-electron chi connectivity index (χ1n) is 10.3. The van der Waals surface area contributed by atoms with E-state index in [0.717, 1.165) is 11.3 Å². The van der Waals surface area contributed by atoms with Crippen molar-refractivity contribution >= 4 is 21.5 Å². The average Bonchev–Trinajstić information content (AvgIpc) is 3.26. The van der Waals surface area contributed by atoms with Crippen LogP contribution in [0.3, 0.4) is 0 Å². The van der Waals surface area contributed by atoms with E-state index in [-0.39, 0.29) is 0 Å². The average molecular weight is 439 g/mol. The molecule has 162 valence electrons. The van der Waals surface area contributed by atoms with Crippen molar-refractivity contribution in [3.8, 4) is 5.69 Å². The Morgan fingerprint density at radius 2 is 1.65 bits per heavy atom. The fraction of sp³-hybridized carbons (Fsp3) is 0.292. The second kappa shape index (κ2) is 8.23. The van der Waals surface area contributed by atoms with Crippen LogP contribution in [-0.2, 0) is 14.6 Å². The Balaban J connectivity index is 1.61. The molecule has 2 heterocycles. The van der Waals surface area contributed by atoms with Crippen molar-refractivity contribution in [1.29, 1.82) is 0 Å². The molecule has 6 nitrogen and oxygen atoms in total. The molecular formula is C24H26N2O4S. The number of esters is 1. The van der Waals surface area contributed by atoms with Crippen LogP contribution in [0.4, 0.5) is 5.69 Å². The molecule has 0 aliphatic carbocycles. The third kappa shape index (κ3) is 3.85. The van der Waals surface area contributed by atoms with E-state index in [1.54, 1.807) is 24.3 Å². The van der Waals surface area contributed by atoms with Crippen molar-refractivity contribution < 1.29 is 17.9 Å². The molecule has 0 bridgehead atoms. The van der Waals surface area contributed by atoms with Crippen LogP contribution >= 0.6 is 0 Å². The first kappa shape index (κ1) is 21.2. The standard InChI is InChI=1S/C24H26N2O4S/c1-17(2)18-9-11-19(12-10-18)31(28,29)20-15-26(16-20)22-8-6-7-21(24(27)30-3)23(22)25-13-4-5-14-25/h4-14,17,20H,15-16H2,1-3H3. The summed E-state index contributed by atoms with van der Waals surface area (Å²) in [6.07, 6.45) is 3.71. The summed E-state index contributed by atoms with van der Waals surface area (Å²) in [4.78, 5) is 14.7. The molecule has 0 amide bonds. The van der Waals surface area contributed by atoms with Crippen molar-refractivity contribution in [2.75, 3.05) is 25.1 Å². The molecule has 2 aromatic carbocycles. The Bertz CT molecular complexity index is 1180. The largest absolute Gasteiger partial charge is 0.465 e. The summed E-state index contributed by atoms with van der Waals surface area (Å²) in [6, 6.07) is 16.4. The van der Waals surface area contributed by atoms with Gasteiger partial charge >= 0.3 is 5.97 Å². The van der Waals surface area contributed by atoms with Gasteiger partial charge in [0.2, 0.25) is 0 Å². The van der Waals surface area contributed by atoms with E-state index >= 15 is 0 Å². The fourth-order valence-electron chi connectivity index (χ4n) is 3.88. The van der Waals surface area contributed by atoms with E-state index in [9.17, 15) is 13.2 Å². The molecule has 4 rings (SSSR count). The topological polar surface area (TPSA) is 68.6 Å². The van der Waals surface area contributed by atoms with Gasteiger partial charge in [-0.2, -0.15) is 0 Å². The molecule has 1 aliphatic rings. The number of hydrogen-bond donors (Lipinski definition) is 0. The van der Waals surface area contributed by atoms with Crippen LogP contribution in [0.1, 0.15) is 35.7 Å². The Morgan fingerprint density at radius 3 is 2.23 bits per heavy atom. The van der Waals surface area contributed by atoms with E-state index in [0.29, 0.717) is 35.2 Å². The summed E-state index contributed by atoms with van der Waals surface area (Å²) in [5.74, 6) is -0.0781. The van der Waals surface area contributed by atoms with Gasteiger partial charge < -0.3 is 14.2 Å². The van der Waals surface area contributed by atoms with Crippen LogP contribution in [0.15, 0.2) is 71.9 Å². The summed E-state index contributed by atoms with van der Waals surface area (Å²) >= 11 is 0. The lowest BCUT2D eigenvalue weighted by Crippen LogP contribution is -2.55. The maximum Gasteiger partial charge on any atom is 0.340 e. The number of carbonyl (C=O) groups is 1. The molecule has 0 saturated carbocycles. The number of hydrogen-bond acceptors (Lipinski definition) is 5. The van der Waals surface area contributed by atoms with E-state index in [2.05, 4.69) is 13.8 Å². The fourth-order valence-corrected chi connectivity index (χ4v) is 5.53. The Kier molecular flexibility index (Phi) is 5.62. The van der Waals surface area contributed by atoms with E-state index in [1.165, 1.54) is 7.11 Å². The summed E-state index contributed by atoms with van der Waals surface area (Å²) < 4.78 is 33.0. The van der Waals surface area contributed by atoms with Crippen molar-refractivity contribution in [3.05, 3.63) is 78.1 Å². The van der Waals surface area contributed by atoms with Crippen molar-refractivity contribution in [1.82, 2.24) is 4.57 Å². The molecule has 1 aliphatic heterocycles. The predicted octanol–water partition coefficient (Wildman–Crippen LogP) is 4.05. The molecule has 31 heavy (non-hydrogen) atoms. The second-order valence-electron chi connectivity index (χ2n) is 8.05. The van der Waals surface area contributed by atoms with Gasteiger partial charge in [-0.3, -0.25) is 0 Å². The minimum atomic E-state index is -3.42. The van der Waals surface area contributed by atoms with Crippen LogP contribution in [-0.4, -0.2) is 44.4 Å². The third-order valence-electron chi connectivity index (χ3n) is 5.79. The number of aromatic nitrogens is 1. The molecular weight excluding hydrogens is 412 g/mol. The van der Waals surface area contributed by atoms with Gasteiger partial charge in [0.1, 0.15) is 5.25 Å². The number of benzene rings is 2. The Labute approximate surface area is 183 Å². The molecule has 0 N–H and O–H groups in total. The minimum Gasteiger partial charge on any atom is -0.465 e. The Hall–Kier alpha value is -3.06. The monoisotopic (exact) mass is 438 g/mol. The molecule has 0 radical (unpaired) electrons. The third-order valence-corrected chi connectivity index (χ3v) is 7.89. The SMILES string of the molecule is COC(=O)c1cccc(N2CC(S(=O)(=O)c3ccc(C(C)C)cc3)C2)c1-n1cccc1. The lowest BCUT2D eigenvalue weighted by atomic mass is 10.0. The van der Waals surface area contributed by atoms with Gasteiger partial charge in [-0.05, 0) is 47.9 Å². The quantitative estimate of drug-likeness (QED) is 0.543. The van der Waals surface area contributed by atoms with E-state index in [4.69, 9.17) is 4.74 Å². The minimum absolute atomic E-state index is 0.352. The Morgan fingerprint density at radius 1 is 1.00 bits per heavy atom. The smallest absolute Gasteiger partial charge is 0.340 e. The van der Waals surface area contributed by atoms with E-state index in [1.807, 2.05) is 52.2 Å². The maximum atomic E-state index is 13.1. The van der Waals surface area contributed by atoms with Gasteiger partial charge in [-0.1, -0.05) is 32.0 Å². The number of methoxy groups -OCH3 is 1. The normalized spacial score (nSPS) is 14.5. The van der Waals surface area contributed by atoms with E-state index < -0.39 is 21.1 Å². The lowest BCUT2D eigenvalue weighted by molar-refractivity contribution is 0.0600. The number of carbonyl (C=O) groups excluding carboxylic acids is 1. The highest BCUT2D eigenvalue weighted by molar-refractivity contribution is 7.92. The highest BCUT2D eigenvalue weighted by Crippen LogP contribution is 2.35. The number of nitrogens with zero attached hydrogens (tertiary/aromatic N) is 2. The summed E-state index contributed by atoms with van der Waals surface area (Å²) in [6.45, 7) is 4.90. The number of sulfone groups is 1. The first-order valence-corrected chi connectivity index (χ1v) is 11.8. The van der Waals surface area contributed by atoms with Gasteiger partial charge in [-0.25, -0.2) is 13.2 Å². The molecule has 1 aromatic heterocycles. The first-order chi connectivity index (χ1) is 14.8. The van der Waals surface area contributed by atoms with Gasteiger partial charge in [0.05, 0.1) is 28.9 Å².